The molecule has 2 nitrogen and oxygen atoms in total. The van der Waals surface area contributed by atoms with Gasteiger partial charge in [-0.2, -0.15) is 0 Å². The molecule has 0 saturated carbocycles. The van der Waals surface area contributed by atoms with Crippen molar-refractivity contribution in [1.29, 1.82) is 0 Å². The number of nitrogens with one attached hydrogen (secondary N) is 1. The topological polar surface area (TPSA) is 32.3 Å². The zero-order valence-electron chi connectivity index (χ0n) is 12.7. The second kappa shape index (κ2) is 8.29. The van der Waals surface area contributed by atoms with Crippen molar-refractivity contribution in [3.8, 4) is 0 Å². The van der Waals surface area contributed by atoms with E-state index in [0.29, 0.717) is 5.92 Å². The first-order valence-electron chi connectivity index (χ1n) is 7.48. The molecule has 0 aromatic heterocycles. The molecule has 0 heterocycles. The van der Waals surface area contributed by atoms with Crippen LogP contribution in [0, 0.1) is 5.92 Å². The highest BCUT2D eigenvalue weighted by Crippen LogP contribution is 2.30. The Kier molecular flexibility index (Phi) is 6.38. The lowest BCUT2D eigenvalue weighted by Gasteiger charge is -2.26. The second-order valence-electron chi connectivity index (χ2n) is 5.64. The maximum Gasteiger partial charge on any atom is 0.0587 e. The van der Waals surface area contributed by atoms with Crippen LogP contribution in [0.1, 0.15) is 20.3 Å². The SMILES string of the molecule is CC(C)C[C@@H](CO)NP(c1ccccc1)c1ccccc1. The molecule has 3 heteroatoms. The van der Waals surface area contributed by atoms with Crippen LogP contribution in [0.4, 0.5) is 0 Å². The summed E-state index contributed by atoms with van der Waals surface area (Å²) >= 11 is 0. The van der Waals surface area contributed by atoms with Crippen LogP contribution in [0.25, 0.3) is 0 Å². The van der Waals surface area contributed by atoms with Gasteiger partial charge in [-0.3, -0.25) is 5.09 Å². The summed E-state index contributed by atoms with van der Waals surface area (Å²) in [5.41, 5.74) is 0. The quantitative estimate of drug-likeness (QED) is 0.771. The standard InChI is InChI=1S/C18H24NOP/c1-15(2)13-16(14-20)19-21(17-9-5-3-6-10-17)18-11-7-4-8-12-18/h3-12,15-16,19-20H,13-14H2,1-2H3/t16-/m0/s1. The fourth-order valence-corrected chi connectivity index (χ4v) is 4.46. The van der Waals surface area contributed by atoms with Crippen LogP contribution < -0.4 is 15.7 Å². The van der Waals surface area contributed by atoms with E-state index in [1.807, 2.05) is 12.1 Å². The second-order valence-corrected chi connectivity index (χ2v) is 7.61. The van der Waals surface area contributed by atoms with Gasteiger partial charge in [0.15, 0.2) is 0 Å². The van der Waals surface area contributed by atoms with E-state index in [0.717, 1.165) is 6.42 Å². The van der Waals surface area contributed by atoms with Crippen molar-refractivity contribution in [3.05, 3.63) is 60.7 Å². The highest BCUT2D eigenvalue weighted by Gasteiger charge is 2.18. The molecule has 2 aromatic carbocycles. The summed E-state index contributed by atoms with van der Waals surface area (Å²) < 4.78 is 0. The molecule has 0 aliphatic carbocycles. The number of benzene rings is 2. The average molecular weight is 301 g/mol. The zero-order valence-corrected chi connectivity index (χ0v) is 13.6. The van der Waals surface area contributed by atoms with Gasteiger partial charge in [0.1, 0.15) is 0 Å². The largest absolute Gasteiger partial charge is 0.395 e. The third-order valence-corrected chi connectivity index (χ3v) is 5.57. The third kappa shape index (κ3) is 4.93. The van der Waals surface area contributed by atoms with Crippen molar-refractivity contribution < 1.29 is 5.11 Å². The number of hydrogen-bond acceptors (Lipinski definition) is 2. The summed E-state index contributed by atoms with van der Waals surface area (Å²) in [6.45, 7) is 4.56. The molecule has 2 aromatic rings. The van der Waals surface area contributed by atoms with Crippen LogP contribution >= 0.6 is 8.07 Å². The van der Waals surface area contributed by atoms with E-state index in [1.165, 1.54) is 10.6 Å². The summed E-state index contributed by atoms with van der Waals surface area (Å²) in [6.07, 6.45) is 0.981. The molecule has 0 spiro atoms. The molecule has 1 atom stereocenters. The van der Waals surface area contributed by atoms with Crippen molar-refractivity contribution >= 4 is 18.7 Å². The lowest BCUT2D eigenvalue weighted by atomic mass is 10.1. The Morgan fingerprint density at radius 1 is 0.905 bits per heavy atom. The van der Waals surface area contributed by atoms with Crippen molar-refractivity contribution in [1.82, 2.24) is 5.09 Å². The minimum absolute atomic E-state index is 0.136. The molecule has 0 unspecified atom stereocenters. The Balaban J connectivity index is 2.24. The minimum atomic E-state index is -0.637. The van der Waals surface area contributed by atoms with Crippen molar-refractivity contribution in [2.24, 2.45) is 5.92 Å². The van der Waals surface area contributed by atoms with E-state index >= 15 is 0 Å². The molecule has 0 saturated heterocycles. The highest BCUT2D eigenvalue weighted by atomic mass is 31.1. The monoisotopic (exact) mass is 301 g/mol. The predicted octanol–water partition coefficient (Wildman–Crippen LogP) is 3.03. The molecule has 2 N–H and O–H groups in total. The number of aliphatic hydroxyl groups is 1. The molecule has 0 bridgehead atoms. The fraction of sp³-hybridized carbons (Fsp3) is 0.333. The van der Waals surface area contributed by atoms with Gasteiger partial charge in [-0.25, -0.2) is 0 Å². The molecular weight excluding hydrogens is 277 g/mol. The van der Waals surface area contributed by atoms with Crippen molar-refractivity contribution in [2.75, 3.05) is 6.61 Å². The lowest BCUT2D eigenvalue weighted by Crippen LogP contribution is -2.35. The molecule has 0 radical (unpaired) electrons. The van der Waals surface area contributed by atoms with Crippen LogP contribution in [0.15, 0.2) is 60.7 Å². The first-order valence-corrected chi connectivity index (χ1v) is 8.82. The average Bonchev–Trinajstić information content (AvgIpc) is 2.52. The summed E-state index contributed by atoms with van der Waals surface area (Å²) in [7, 11) is -0.637. The Morgan fingerprint density at radius 3 is 1.76 bits per heavy atom. The first kappa shape index (κ1) is 16.2. The van der Waals surface area contributed by atoms with E-state index in [4.69, 9.17) is 0 Å². The van der Waals surface area contributed by atoms with Crippen LogP contribution in [0.5, 0.6) is 0 Å². The van der Waals surface area contributed by atoms with Gasteiger partial charge in [-0.05, 0) is 22.9 Å². The van der Waals surface area contributed by atoms with Gasteiger partial charge in [-0.1, -0.05) is 74.5 Å². The fourth-order valence-electron chi connectivity index (χ4n) is 2.37. The van der Waals surface area contributed by atoms with Crippen LogP contribution in [0.3, 0.4) is 0 Å². The van der Waals surface area contributed by atoms with Gasteiger partial charge in [0.2, 0.25) is 0 Å². The predicted molar refractivity (Wildman–Crippen MR) is 92.5 cm³/mol. The molecule has 0 fully saturated rings. The van der Waals surface area contributed by atoms with Gasteiger partial charge >= 0.3 is 0 Å². The maximum absolute atomic E-state index is 9.67. The van der Waals surface area contributed by atoms with Crippen molar-refractivity contribution in [2.45, 2.75) is 26.3 Å². The molecule has 0 aliphatic rings. The van der Waals surface area contributed by atoms with Gasteiger partial charge in [0, 0.05) is 14.1 Å². The maximum atomic E-state index is 9.67. The molecule has 112 valence electrons. The van der Waals surface area contributed by atoms with Crippen LogP contribution in [-0.2, 0) is 0 Å². The molecule has 0 amide bonds. The minimum Gasteiger partial charge on any atom is -0.395 e. The molecular formula is C18H24NOP. The Bertz CT molecular complexity index is 476. The van der Waals surface area contributed by atoms with E-state index in [9.17, 15) is 5.11 Å². The summed E-state index contributed by atoms with van der Waals surface area (Å²) in [5.74, 6) is 0.568. The first-order chi connectivity index (χ1) is 10.2. The number of hydrogen-bond donors (Lipinski definition) is 2. The van der Waals surface area contributed by atoms with Crippen molar-refractivity contribution in [3.63, 3.8) is 0 Å². The van der Waals surface area contributed by atoms with E-state index in [2.05, 4.69) is 67.5 Å². The zero-order chi connectivity index (χ0) is 15.1. The smallest absolute Gasteiger partial charge is 0.0587 e. The van der Waals surface area contributed by atoms with E-state index in [1.54, 1.807) is 0 Å². The highest BCUT2D eigenvalue weighted by molar-refractivity contribution is 7.71. The van der Waals surface area contributed by atoms with E-state index in [-0.39, 0.29) is 12.6 Å². The number of rotatable bonds is 7. The summed E-state index contributed by atoms with van der Waals surface area (Å²) in [4.78, 5) is 0. The van der Waals surface area contributed by atoms with Gasteiger partial charge in [-0.15, -0.1) is 0 Å². The van der Waals surface area contributed by atoms with Gasteiger partial charge < -0.3 is 5.11 Å². The Morgan fingerprint density at radius 2 is 1.38 bits per heavy atom. The van der Waals surface area contributed by atoms with E-state index < -0.39 is 8.07 Å². The van der Waals surface area contributed by atoms with Gasteiger partial charge in [0.05, 0.1) is 6.61 Å². The normalized spacial score (nSPS) is 12.8. The Hall–Kier alpha value is -1.21. The van der Waals surface area contributed by atoms with Crippen LogP contribution in [-0.4, -0.2) is 17.8 Å². The van der Waals surface area contributed by atoms with Gasteiger partial charge in [0.25, 0.3) is 0 Å². The molecule has 21 heavy (non-hydrogen) atoms. The van der Waals surface area contributed by atoms with Crippen LogP contribution in [0.2, 0.25) is 0 Å². The molecule has 2 rings (SSSR count). The molecule has 0 aliphatic heterocycles. The third-order valence-electron chi connectivity index (χ3n) is 3.32. The lowest BCUT2D eigenvalue weighted by molar-refractivity contribution is 0.242. The Labute approximate surface area is 129 Å². The number of aliphatic hydroxyl groups excluding tert-OH is 1. The summed E-state index contributed by atoms with van der Waals surface area (Å²) in [5, 5.41) is 15.9. The summed E-state index contributed by atoms with van der Waals surface area (Å²) in [6, 6.07) is 21.2.